The Balaban J connectivity index is 2.09. The van der Waals surface area contributed by atoms with E-state index < -0.39 is 5.54 Å². The first-order valence-electron chi connectivity index (χ1n) is 9.28. The summed E-state index contributed by atoms with van der Waals surface area (Å²) in [5.74, 6) is -0.338. The Morgan fingerprint density at radius 3 is 2.37 bits per heavy atom. The van der Waals surface area contributed by atoms with E-state index in [1.807, 2.05) is 45.9 Å². The van der Waals surface area contributed by atoms with Gasteiger partial charge >= 0.3 is 5.97 Å². The van der Waals surface area contributed by atoms with Crippen LogP contribution in [0.5, 0.6) is 0 Å². The molecule has 1 aliphatic carbocycles. The van der Waals surface area contributed by atoms with Crippen molar-refractivity contribution in [3.05, 3.63) is 40.6 Å². The first kappa shape index (κ1) is 19.6. The van der Waals surface area contributed by atoms with E-state index in [0.717, 1.165) is 36.0 Å². The standard InChI is InChI=1S/C21H27NO5/c1-13-8-6-9-14(2)16(13)17-18(27-20(24)15-10-7-11-15)21(3,4)22(19(17)23)26-12-25-5/h6,8-9,15H,7,10-12H2,1-5H3. The van der Waals surface area contributed by atoms with Crippen molar-refractivity contribution in [3.8, 4) is 0 Å². The third-order valence-corrected chi connectivity index (χ3v) is 5.36. The van der Waals surface area contributed by atoms with E-state index in [1.54, 1.807) is 0 Å². The normalized spacial score (nSPS) is 19.4. The van der Waals surface area contributed by atoms with E-state index >= 15 is 0 Å². The zero-order valence-electron chi connectivity index (χ0n) is 16.6. The number of hydroxylamine groups is 2. The Kier molecular flexibility index (Phi) is 5.40. The largest absolute Gasteiger partial charge is 0.427 e. The molecule has 0 N–H and O–H groups in total. The molecule has 1 aromatic carbocycles. The molecular formula is C21H27NO5. The molecule has 1 aliphatic heterocycles. The van der Waals surface area contributed by atoms with Crippen LogP contribution in [-0.2, 0) is 23.9 Å². The van der Waals surface area contributed by atoms with E-state index in [0.29, 0.717) is 11.3 Å². The van der Waals surface area contributed by atoms with Gasteiger partial charge in [0.2, 0.25) is 0 Å². The molecule has 1 aromatic rings. The Labute approximate surface area is 160 Å². The number of nitrogens with zero attached hydrogens (tertiary/aromatic N) is 1. The summed E-state index contributed by atoms with van der Waals surface area (Å²) in [5.41, 5.74) is 2.13. The Morgan fingerprint density at radius 1 is 1.22 bits per heavy atom. The van der Waals surface area contributed by atoms with Crippen LogP contribution in [0, 0.1) is 19.8 Å². The molecule has 0 spiro atoms. The zero-order valence-corrected chi connectivity index (χ0v) is 16.6. The van der Waals surface area contributed by atoms with Gasteiger partial charge in [0.05, 0.1) is 11.5 Å². The zero-order chi connectivity index (χ0) is 19.8. The molecule has 1 heterocycles. The third-order valence-electron chi connectivity index (χ3n) is 5.36. The van der Waals surface area contributed by atoms with Crippen LogP contribution in [-0.4, -0.2) is 36.4 Å². The molecule has 3 rings (SSSR count). The number of ether oxygens (including phenoxy) is 2. The lowest BCUT2D eigenvalue weighted by molar-refractivity contribution is -0.239. The lowest BCUT2D eigenvalue weighted by Crippen LogP contribution is -2.44. The van der Waals surface area contributed by atoms with Gasteiger partial charge in [0.1, 0.15) is 11.3 Å². The van der Waals surface area contributed by atoms with Crippen LogP contribution in [0.2, 0.25) is 0 Å². The van der Waals surface area contributed by atoms with Crippen LogP contribution >= 0.6 is 0 Å². The SMILES string of the molecule is COCON1C(=O)C(c2c(C)cccc2C)=C(OC(=O)C2CCC2)C1(C)C. The van der Waals surface area contributed by atoms with Gasteiger partial charge in [-0.25, -0.2) is 9.90 Å². The predicted octanol–water partition coefficient (Wildman–Crippen LogP) is 3.51. The lowest BCUT2D eigenvalue weighted by Gasteiger charge is -2.32. The van der Waals surface area contributed by atoms with E-state index in [1.165, 1.54) is 12.2 Å². The minimum absolute atomic E-state index is 0.0704. The quantitative estimate of drug-likeness (QED) is 0.564. The van der Waals surface area contributed by atoms with Crippen LogP contribution in [0.4, 0.5) is 0 Å². The fourth-order valence-electron chi connectivity index (χ4n) is 3.61. The highest BCUT2D eigenvalue weighted by atomic mass is 16.8. The highest BCUT2D eigenvalue weighted by Gasteiger charge is 2.50. The molecule has 0 aromatic heterocycles. The molecule has 6 heteroatoms. The van der Waals surface area contributed by atoms with Gasteiger partial charge in [-0.2, -0.15) is 0 Å². The van der Waals surface area contributed by atoms with Crippen LogP contribution < -0.4 is 0 Å². The highest BCUT2D eigenvalue weighted by Crippen LogP contribution is 2.43. The summed E-state index contributed by atoms with van der Waals surface area (Å²) in [6, 6.07) is 5.83. The molecule has 0 saturated heterocycles. The molecule has 146 valence electrons. The number of methoxy groups -OCH3 is 1. The summed E-state index contributed by atoms with van der Waals surface area (Å²) in [6.45, 7) is 7.44. The van der Waals surface area contributed by atoms with E-state index in [4.69, 9.17) is 14.3 Å². The minimum Gasteiger partial charge on any atom is -0.427 e. The Hall–Kier alpha value is -2.18. The minimum atomic E-state index is -0.931. The highest BCUT2D eigenvalue weighted by molar-refractivity contribution is 6.23. The van der Waals surface area contributed by atoms with Crippen LogP contribution in [0.3, 0.4) is 0 Å². The molecule has 1 saturated carbocycles. The van der Waals surface area contributed by atoms with Crippen molar-refractivity contribution >= 4 is 17.4 Å². The van der Waals surface area contributed by atoms with Crippen LogP contribution in [0.1, 0.15) is 49.8 Å². The molecule has 27 heavy (non-hydrogen) atoms. The van der Waals surface area contributed by atoms with Gasteiger partial charge < -0.3 is 9.47 Å². The molecule has 0 unspecified atom stereocenters. The maximum atomic E-state index is 13.3. The van der Waals surface area contributed by atoms with Gasteiger partial charge in [0.25, 0.3) is 5.91 Å². The number of rotatable bonds is 6. The van der Waals surface area contributed by atoms with Gasteiger partial charge in [0.15, 0.2) is 6.79 Å². The summed E-state index contributed by atoms with van der Waals surface area (Å²) in [5, 5.41) is 1.25. The number of hydrogen-bond donors (Lipinski definition) is 0. The molecule has 0 atom stereocenters. The molecule has 6 nitrogen and oxygen atoms in total. The second kappa shape index (κ2) is 7.44. The van der Waals surface area contributed by atoms with E-state index in [-0.39, 0.29) is 24.6 Å². The number of hydrogen-bond acceptors (Lipinski definition) is 5. The van der Waals surface area contributed by atoms with Crippen molar-refractivity contribution in [1.82, 2.24) is 5.06 Å². The topological polar surface area (TPSA) is 65.1 Å². The Morgan fingerprint density at radius 2 is 1.85 bits per heavy atom. The van der Waals surface area contributed by atoms with Crippen molar-refractivity contribution < 1.29 is 23.9 Å². The lowest BCUT2D eigenvalue weighted by atomic mass is 9.85. The molecule has 0 radical (unpaired) electrons. The molecule has 1 amide bonds. The second-order valence-corrected chi connectivity index (χ2v) is 7.71. The summed E-state index contributed by atoms with van der Waals surface area (Å²) >= 11 is 0. The van der Waals surface area contributed by atoms with Gasteiger partial charge in [0, 0.05) is 7.11 Å². The Bertz CT molecular complexity index is 772. The van der Waals surface area contributed by atoms with Gasteiger partial charge in [-0.1, -0.05) is 24.6 Å². The fourth-order valence-corrected chi connectivity index (χ4v) is 3.61. The van der Waals surface area contributed by atoms with Crippen molar-refractivity contribution in [2.24, 2.45) is 5.92 Å². The van der Waals surface area contributed by atoms with Gasteiger partial charge in [-0.3, -0.25) is 9.59 Å². The first-order valence-corrected chi connectivity index (χ1v) is 9.28. The van der Waals surface area contributed by atoms with Gasteiger partial charge in [-0.05, 0) is 57.2 Å². The van der Waals surface area contributed by atoms with Crippen molar-refractivity contribution in [2.75, 3.05) is 13.9 Å². The van der Waals surface area contributed by atoms with Gasteiger partial charge in [-0.15, -0.1) is 0 Å². The monoisotopic (exact) mass is 373 g/mol. The summed E-state index contributed by atoms with van der Waals surface area (Å²) in [7, 11) is 1.49. The maximum absolute atomic E-state index is 13.3. The number of esters is 1. The van der Waals surface area contributed by atoms with Crippen molar-refractivity contribution in [2.45, 2.75) is 52.5 Å². The maximum Gasteiger partial charge on any atom is 0.314 e. The smallest absolute Gasteiger partial charge is 0.314 e. The van der Waals surface area contributed by atoms with E-state index in [2.05, 4.69) is 0 Å². The molecular weight excluding hydrogens is 346 g/mol. The third kappa shape index (κ3) is 3.39. The fraction of sp³-hybridized carbons (Fsp3) is 0.524. The number of carbonyl (C=O) groups is 2. The first-order chi connectivity index (χ1) is 12.8. The van der Waals surface area contributed by atoms with Crippen molar-refractivity contribution in [1.29, 1.82) is 0 Å². The summed E-state index contributed by atoms with van der Waals surface area (Å²) in [6.07, 6.45) is 2.71. The molecule has 0 bridgehead atoms. The number of benzene rings is 1. The predicted molar refractivity (Wildman–Crippen MR) is 100 cm³/mol. The number of amides is 1. The van der Waals surface area contributed by atoms with E-state index in [9.17, 15) is 9.59 Å². The molecule has 2 aliphatic rings. The average Bonchev–Trinajstić information content (AvgIpc) is 2.71. The summed E-state index contributed by atoms with van der Waals surface area (Å²) < 4.78 is 10.8. The second-order valence-electron chi connectivity index (χ2n) is 7.71. The average molecular weight is 373 g/mol. The van der Waals surface area contributed by atoms with Crippen LogP contribution in [0.15, 0.2) is 24.0 Å². The molecule has 1 fully saturated rings. The summed E-state index contributed by atoms with van der Waals surface area (Å²) in [4.78, 5) is 31.4. The van der Waals surface area contributed by atoms with Crippen LogP contribution in [0.25, 0.3) is 5.57 Å². The number of aryl methyl sites for hydroxylation is 2. The number of carbonyl (C=O) groups excluding carboxylic acids is 2. The van der Waals surface area contributed by atoms with Crippen molar-refractivity contribution in [3.63, 3.8) is 0 Å².